The number of aryl methyl sites for hydroxylation is 1. The van der Waals surface area contributed by atoms with Crippen molar-refractivity contribution in [2.45, 2.75) is 41.6 Å². The number of hydrogen-bond acceptors (Lipinski definition) is 11. The summed E-state index contributed by atoms with van der Waals surface area (Å²) < 4.78 is 7.07. The lowest BCUT2D eigenvalue weighted by atomic mass is 9.97. The summed E-state index contributed by atoms with van der Waals surface area (Å²) in [4.78, 5) is 8.76. The number of rotatable bonds is 5. The Morgan fingerprint density at radius 3 is 2.87 bits per heavy atom. The van der Waals surface area contributed by atoms with Crippen molar-refractivity contribution in [1.29, 1.82) is 5.26 Å². The molecular weight excluding hydrogens is 464 g/mol. The molecule has 10 nitrogen and oxygen atoms in total. The molecule has 0 radical (unpaired) electrons. The van der Waals surface area contributed by atoms with E-state index in [1.54, 1.807) is 23.8 Å². The van der Waals surface area contributed by atoms with Crippen LogP contribution in [0.1, 0.15) is 17.3 Å². The first-order valence-electron chi connectivity index (χ1n) is 9.10. The van der Waals surface area contributed by atoms with Crippen molar-refractivity contribution < 1.29 is 20.1 Å². The predicted molar refractivity (Wildman–Crippen MR) is 112 cm³/mol. The molecule has 0 aliphatic carbocycles. The van der Waals surface area contributed by atoms with Crippen molar-refractivity contribution in [3.8, 4) is 16.8 Å². The third-order valence-electron chi connectivity index (χ3n) is 4.70. The van der Waals surface area contributed by atoms with Gasteiger partial charge in [-0.25, -0.2) is 14.6 Å². The van der Waals surface area contributed by atoms with Crippen LogP contribution in [-0.4, -0.2) is 70.6 Å². The Bertz CT molecular complexity index is 1120. The van der Waals surface area contributed by atoms with Gasteiger partial charge in [-0.3, -0.25) is 0 Å². The normalized spacial score (nSPS) is 26.0. The molecule has 31 heavy (non-hydrogen) atoms. The molecule has 0 saturated carbocycles. The minimum Gasteiger partial charge on any atom is -0.394 e. The van der Waals surface area contributed by atoms with Gasteiger partial charge in [0.15, 0.2) is 5.69 Å². The van der Waals surface area contributed by atoms with Crippen LogP contribution in [-0.2, 0) is 4.74 Å². The lowest BCUT2D eigenvalue weighted by Crippen LogP contribution is -2.55. The third-order valence-corrected chi connectivity index (χ3v) is 7.07. The van der Waals surface area contributed by atoms with E-state index in [2.05, 4.69) is 20.3 Å². The second-order valence-corrected chi connectivity index (χ2v) is 9.23. The average Bonchev–Trinajstić information content (AvgIpc) is 3.39. The number of aliphatic hydroxyl groups is 3. The summed E-state index contributed by atoms with van der Waals surface area (Å²) in [6, 6.07) is 2.82. The summed E-state index contributed by atoms with van der Waals surface area (Å²) in [5.74, 6) is 0. The minimum atomic E-state index is -1.25. The van der Waals surface area contributed by atoms with Gasteiger partial charge in [0.05, 0.1) is 12.8 Å². The summed E-state index contributed by atoms with van der Waals surface area (Å²) in [7, 11) is 0. The Labute approximate surface area is 190 Å². The number of nitrogens with zero attached hydrogens (tertiary/aromatic N) is 6. The molecule has 1 aliphatic heterocycles. The van der Waals surface area contributed by atoms with E-state index >= 15 is 0 Å². The maximum Gasteiger partial charge on any atom is 0.154 e. The molecular formula is C18H17ClN6O4S2. The number of aliphatic hydroxyl groups excluding tert-OH is 3. The number of aromatic nitrogens is 5. The largest absolute Gasteiger partial charge is 0.394 e. The highest BCUT2D eigenvalue weighted by molar-refractivity contribution is 7.99. The molecule has 4 rings (SSSR count). The smallest absolute Gasteiger partial charge is 0.154 e. The summed E-state index contributed by atoms with van der Waals surface area (Å²) in [5, 5.41) is 51.4. The zero-order chi connectivity index (χ0) is 22.1. The van der Waals surface area contributed by atoms with Gasteiger partial charge in [-0.15, -0.1) is 16.4 Å². The number of nitriles is 1. The van der Waals surface area contributed by atoms with Crippen molar-refractivity contribution in [3.05, 3.63) is 40.3 Å². The molecule has 3 N–H and O–H groups in total. The van der Waals surface area contributed by atoms with Crippen LogP contribution in [0.25, 0.3) is 10.7 Å². The fourth-order valence-electron chi connectivity index (χ4n) is 3.21. The van der Waals surface area contributed by atoms with Gasteiger partial charge in [-0.05, 0) is 18.6 Å². The fourth-order valence-corrected chi connectivity index (χ4v) is 5.32. The Morgan fingerprint density at radius 2 is 2.19 bits per heavy atom. The van der Waals surface area contributed by atoms with Crippen LogP contribution in [0.5, 0.6) is 0 Å². The van der Waals surface area contributed by atoms with Crippen molar-refractivity contribution in [2.24, 2.45) is 0 Å². The Hall–Kier alpha value is -2.11. The second kappa shape index (κ2) is 9.17. The van der Waals surface area contributed by atoms with E-state index in [1.165, 1.54) is 16.0 Å². The lowest BCUT2D eigenvalue weighted by molar-refractivity contribution is -0.178. The standard InChI is InChI=1S/C18H17ClN6O4S2/c1-8-2-12(9(3-20)21-4-8)31-18-16(28)14(15(27)11(6-26)29-18)25-5-10(23-24-25)17-22-13(19)7-30-17/h2,4-5,7,11,14-16,18,26-28H,6H2,1H3. The molecule has 13 heteroatoms. The number of pyridine rings is 1. The molecule has 5 atom stereocenters. The Balaban J connectivity index is 1.64. The Morgan fingerprint density at radius 1 is 1.39 bits per heavy atom. The highest BCUT2D eigenvalue weighted by atomic mass is 35.5. The molecule has 0 spiro atoms. The predicted octanol–water partition coefficient (Wildman–Crippen LogP) is 1.40. The zero-order valence-corrected chi connectivity index (χ0v) is 18.4. The minimum absolute atomic E-state index is 0.193. The second-order valence-electron chi connectivity index (χ2n) is 6.85. The Kier molecular flexibility index (Phi) is 6.54. The van der Waals surface area contributed by atoms with Crippen molar-refractivity contribution in [2.75, 3.05) is 6.61 Å². The fraction of sp³-hybridized carbons (Fsp3) is 0.389. The van der Waals surface area contributed by atoms with Gasteiger partial charge in [0.2, 0.25) is 0 Å². The van der Waals surface area contributed by atoms with Gasteiger partial charge < -0.3 is 20.1 Å². The monoisotopic (exact) mass is 480 g/mol. The van der Waals surface area contributed by atoms with E-state index in [-0.39, 0.29) is 5.69 Å². The summed E-state index contributed by atoms with van der Waals surface area (Å²) >= 11 is 8.25. The van der Waals surface area contributed by atoms with Crippen molar-refractivity contribution in [1.82, 2.24) is 25.0 Å². The van der Waals surface area contributed by atoms with Gasteiger partial charge in [0.25, 0.3) is 0 Å². The van der Waals surface area contributed by atoms with Crippen molar-refractivity contribution in [3.63, 3.8) is 0 Å². The third kappa shape index (κ3) is 4.44. The van der Waals surface area contributed by atoms with Gasteiger partial charge in [0, 0.05) is 16.5 Å². The molecule has 1 fully saturated rings. The van der Waals surface area contributed by atoms with E-state index in [4.69, 9.17) is 16.3 Å². The van der Waals surface area contributed by atoms with E-state index in [1.807, 2.05) is 13.0 Å². The van der Waals surface area contributed by atoms with E-state index in [0.717, 1.165) is 17.3 Å². The molecule has 0 aromatic carbocycles. The molecule has 0 amide bonds. The average molecular weight is 481 g/mol. The van der Waals surface area contributed by atoms with Gasteiger partial charge in [-0.2, -0.15) is 5.26 Å². The van der Waals surface area contributed by atoms with Crippen LogP contribution < -0.4 is 0 Å². The molecule has 162 valence electrons. The molecule has 1 saturated heterocycles. The molecule has 4 heterocycles. The lowest BCUT2D eigenvalue weighted by Gasteiger charge is -2.41. The summed E-state index contributed by atoms with van der Waals surface area (Å²) in [5.41, 5.74) is 0.564. The SMILES string of the molecule is Cc1cnc(C#N)c(SC2OC(CO)C(O)C(n3cc(-c4nc(Cl)cs4)nn3)C2O)c1. The van der Waals surface area contributed by atoms with E-state index in [0.29, 0.717) is 20.8 Å². The number of halogens is 1. The topological polar surface area (TPSA) is 150 Å². The first-order chi connectivity index (χ1) is 14.9. The van der Waals surface area contributed by atoms with E-state index in [9.17, 15) is 20.6 Å². The first-order valence-corrected chi connectivity index (χ1v) is 11.2. The summed E-state index contributed by atoms with van der Waals surface area (Å²) in [6.07, 6.45) is -0.341. The van der Waals surface area contributed by atoms with Crippen LogP contribution in [0.15, 0.2) is 28.7 Å². The van der Waals surface area contributed by atoms with Crippen LogP contribution in [0.2, 0.25) is 5.15 Å². The highest BCUT2D eigenvalue weighted by Gasteiger charge is 2.46. The van der Waals surface area contributed by atoms with Gasteiger partial charge in [0.1, 0.15) is 51.7 Å². The van der Waals surface area contributed by atoms with Crippen LogP contribution >= 0.6 is 34.7 Å². The van der Waals surface area contributed by atoms with Gasteiger partial charge >= 0.3 is 0 Å². The first kappa shape index (κ1) is 22.1. The molecule has 0 bridgehead atoms. The maximum atomic E-state index is 11.0. The van der Waals surface area contributed by atoms with Crippen molar-refractivity contribution >= 4 is 34.7 Å². The quantitative estimate of drug-likeness (QED) is 0.488. The van der Waals surface area contributed by atoms with Crippen LogP contribution in [0.4, 0.5) is 0 Å². The van der Waals surface area contributed by atoms with Crippen LogP contribution in [0, 0.1) is 18.3 Å². The zero-order valence-electron chi connectivity index (χ0n) is 16.0. The number of thiazole rings is 1. The number of ether oxygens (including phenoxy) is 1. The number of thioether (sulfide) groups is 1. The van der Waals surface area contributed by atoms with E-state index < -0.39 is 36.4 Å². The molecule has 3 aromatic heterocycles. The van der Waals surface area contributed by atoms with Gasteiger partial charge in [-0.1, -0.05) is 28.6 Å². The van der Waals surface area contributed by atoms with Crippen LogP contribution in [0.3, 0.4) is 0 Å². The molecule has 1 aliphatic rings. The summed E-state index contributed by atoms with van der Waals surface area (Å²) in [6.45, 7) is 1.36. The maximum absolute atomic E-state index is 11.0. The highest BCUT2D eigenvalue weighted by Crippen LogP contribution is 2.39. The number of hydrogen-bond donors (Lipinski definition) is 3. The molecule has 3 aromatic rings. The molecule has 5 unspecified atom stereocenters.